The second-order valence-electron chi connectivity index (χ2n) is 8.25. The van der Waals surface area contributed by atoms with Crippen LogP contribution < -0.4 is 11.1 Å². The van der Waals surface area contributed by atoms with E-state index in [-0.39, 0.29) is 5.54 Å². The highest BCUT2D eigenvalue weighted by molar-refractivity contribution is 5.15. The summed E-state index contributed by atoms with van der Waals surface area (Å²) in [6.45, 7) is 10.8. The van der Waals surface area contributed by atoms with Gasteiger partial charge in [0.05, 0.1) is 0 Å². The fraction of sp³-hybridized carbons (Fsp3) is 1.00. The van der Waals surface area contributed by atoms with Crippen molar-refractivity contribution in [1.29, 1.82) is 0 Å². The van der Waals surface area contributed by atoms with Gasteiger partial charge >= 0.3 is 0 Å². The molecule has 0 saturated heterocycles. The molecular weight excluding hydrogens is 244 g/mol. The van der Waals surface area contributed by atoms with Crippen molar-refractivity contribution in [2.45, 2.75) is 71.8 Å². The monoisotopic (exact) mass is 280 g/mol. The molecule has 2 aliphatic rings. The van der Waals surface area contributed by atoms with E-state index >= 15 is 0 Å². The maximum atomic E-state index is 7.05. The average Bonchev–Trinajstić information content (AvgIpc) is 2.87. The van der Waals surface area contributed by atoms with E-state index in [4.69, 9.17) is 5.73 Å². The Morgan fingerprint density at radius 2 is 2.05 bits per heavy atom. The molecule has 5 unspecified atom stereocenters. The Balaban J connectivity index is 2.11. The minimum atomic E-state index is 0.0878. The lowest BCUT2D eigenvalue weighted by Gasteiger charge is -2.51. The Hall–Kier alpha value is -0.0800. The van der Waals surface area contributed by atoms with E-state index in [1.807, 2.05) is 0 Å². The topological polar surface area (TPSA) is 38.0 Å². The van der Waals surface area contributed by atoms with Crippen molar-refractivity contribution in [3.63, 3.8) is 0 Å². The van der Waals surface area contributed by atoms with Crippen molar-refractivity contribution in [3.05, 3.63) is 0 Å². The van der Waals surface area contributed by atoms with Crippen LogP contribution in [0.4, 0.5) is 0 Å². The Morgan fingerprint density at radius 1 is 1.35 bits per heavy atom. The van der Waals surface area contributed by atoms with Crippen LogP contribution in [0.3, 0.4) is 0 Å². The molecule has 2 bridgehead atoms. The number of hydrogen-bond donors (Lipinski definition) is 2. The number of nitrogens with two attached hydrogens (primary N) is 1. The first-order valence-corrected chi connectivity index (χ1v) is 8.81. The molecule has 2 heteroatoms. The van der Waals surface area contributed by atoms with Gasteiger partial charge in [-0.05, 0) is 74.8 Å². The molecule has 0 spiro atoms. The molecule has 2 fully saturated rings. The fourth-order valence-corrected chi connectivity index (χ4v) is 5.49. The summed E-state index contributed by atoms with van der Waals surface area (Å²) in [5.41, 5.74) is 7.43. The van der Waals surface area contributed by atoms with E-state index < -0.39 is 0 Å². The molecule has 3 N–H and O–H groups in total. The molecule has 0 aromatic rings. The van der Waals surface area contributed by atoms with Crippen molar-refractivity contribution in [2.75, 3.05) is 13.6 Å². The molecule has 2 aliphatic carbocycles. The minimum absolute atomic E-state index is 0.0878. The van der Waals surface area contributed by atoms with Crippen molar-refractivity contribution in [2.24, 2.45) is 34.8 Å². The van der Waals surface area contributed by atoms with Crippen LogP contribution in [-0.2, 0) is 0 Å². The van der Waals surface area contributed by atoms with Crippen LogP contribution in [0, 0.1) is 29.1 Å². The summed E-state index contributed by atoms with van der Waals surface area (Å²) in [6.07, 6.45) is 7.86. The van der Waals surface area contributed by atoms with Gasteiger partial charge in [-0.25, -0.2) is 0 Å². The minimum Gasteiger partial charge on any atom is -0.324 e. The maximum absolute atomic E-state index is 7.05. The zero-order valence-corrected chi connectivity index (χ0v) is 14.3. The summed E-state index contributed by atoms with van der Waals surface area (Å²) in [5, 5.41) is 3.29. The van der Waals surface area contributed by atoms with Crippen molar-refractivity contribution in [1.82, 2.24) is 5.32 Å². The number of rotatable bonds is 7. The molecule has 2 rings (SSSR count). The van der Waals surface area contributed by atoms with E-state index in [0.29, 0.717) is 5.41 Å². The van der Waals surface area contributed by atoms with Gasteiger partial charge in [-0.2, -0.15) is 0 Å². The normalized spacial score (nSPS) is 40.5. The largest absolute Gasteiger partial charge is 0.324 e. The van der Waals surface area contributed by atoms with Crippen LogP contribution in [0.15, 0.2) is 0 Å². The van der Waals surface area contributed by atoms with Crippen LogP contribution in [-0.4, -0.2) is 19.1 Å². The van der Waals surface area contributed by atoms with E-state index in [1.165, 1.54) is 38.5 Å². The van der Waals surface area contributed by atoms with Crippen molar-refractivity contribution >= 4 is 0 Å². The van der Waals surface area contributed by atoms with Crippen LogP contribution in [0.5, 0.6) is 0 Å². The third kappa shape index (κ3) is 2.54. The van der Waals surface area contributed by atoms with Gasteiger partial charge in [0.2, 0.25) is 0 Å². The summed E-state index contributed by atoms with van der Waals surface area (Å²) in [5.74, 6) is 3.41. The zero-order valence-electron chi connectivity index (χ0n) is 14.3. The van der Waals surface area contributed by atoms with Crippen LogP contribution >= 0.6 is 0 Å². The lowest BCUT2D eigenvalue weighted by molar-refractivity contribution is 0.0324. The molecule has 0 aromatic carbocycles. The first kappa shape index (κ1) is 16.3. The Bertz CT molecular complexity index is 325. The predicted molar refractivity (Wildman–Crippen MR) is 87.6 cm³/mol. The lowest BCUT2D eigenvalue weighted by Crippen LogP contribution is -2.59. The summed E-state index contributed by atoms with van der Waals surface area (Å²) >= 11 is 0. The van der Waals surface area contributed by atoms with Crippen molar-refractivity contribution < 1.29 is 0 Å². The van der Waals surface area contributed by atoms with Gasteiger partial charge < -0.3 is 11.1 Å². The fourth-order valence-electron chi connectivity index (χ4n) is 5.49. The molecule has 2 nitrogen and oxygen atoms in total. The molecular formula is C18H36N2. The highest BCUT2D eigenvalue weighted by Gasteiger charge is 2.61. The van der Waals surface area contributed by atoms with E-state index in [1.54, 1.807) is 0 Å². The van der Waals surface area contributed by atoms with Gasteiger partial charge in [-0.15, -0.1) is 0 Å². The Labute approximate surface area is 126 Å². The summed E-state index contributed by atoms with van der Waals surface area (Å²) in [7, 11) is 2.06. The highest BCUT2D eigenvalue weighted by atomic mass is 14.9. The lowest BCUT2D eigenvalue weighted by atomic mass is 9.58. The first-order chi connectivity index (χ1) is 9.37. The molecule has 5 atom stereocenters. The SMILES string of the molecule is CCCC(C)(C)C1(N)CC2CC1C(CCCNC)C2C. The summed E-state index contributed by atoms with van der Waals surface area (Å²) in [4.78, 5) is 0. The number of hydrogen-bond acceptors (Lipinski definition) is 2. The first-order valence-electron chi connectivity index (χ1n) is 8.81. The van der Waals surface area contributed by atoms with Crippen LogP contribution in [0.25, 0.3) is 0 Å². The van der Waals surface area contributed by atoms with Gasteiger partial charge in [-0.1, -0.05) is 34.1 Å². The smallest absolute Gasteiger partial charge is 0.0240 e. The molecule has 0 aromatic heterocycles. The molecule has 118 valence electrons. The van der Waals surface area contributed by atoms with E-state index in [0.717, 1.165) is 30.2 Å². The molecule has 0 heterocycles. The number of fused-ring (bicyclic) bond motifs is 2. The Morgan fingerprint density at radius 3 is 2.60 bits per heavy atom. The predicted octanol–water partition coefficient (Wildman–Crippen LogP) is 3.80. The Kier molecular flexibility index (Phi) is 4.86. The van der Waals surface area contributed by atoms with Gasteiger partial charge in [-0.3, -0.25) is 0 Å². The van der Waals surface area contributed by atoms with E-state index in [2.05, 4.69) is 40.1 Å². The quantitative estimate of drug-likeness (QED) is 0.696. The molecule has 0 aliphatic heterocycles. The second kappa shape index (κ2) is 5.96. The molecule has 20 heavy (non-hydrogen) atoms. The van der Waals surface area contributed by atoms with Gasteiger partial charge in [0.15, 0.2) is 0 Å². The van der Waals surface area contributed by atoms with Gasteiger partial charge in [0.25, 0.3) is 0 Å². The summed E-state index contributed by atoms with van der Waals surface area (Å²) < 4.78 is 0. The molecule has 0 amide bonds. The van der Waals surface area contributed by atoms with Gasteiger partial charge in [0, 0.05) is 5.54 Å². The van der Waals surface area contributed by atoms with Crippen LogP contribution in [0.2, 0.25) is 0 Å². The van der Waals surface area contributed by atoms with E-state index in [9.17, 15) is 0 Å². The highest BCUT2D eigenvalue weighted by Crippen LogP contribution is 2.62. The standard InChI is InChI=1S/C18H36N2/c1-6-9-17(3,4)18(19)12-14-11-16(18)15(13(14)2)8-7-10-20-5/h13-16,20H,6-12,19H2,1-5H3. The zero-order chi connectivity index (χ0) is 15.0. The molecule has 0 radical (unpaired) electrons. The summed E-state index contributed by atoms with van der Waals surface area (Å²) in [6, 6.07) is 0. The van der Waals surface area contributed by atoms with Crippen molar-refractivity contribution in [3.8, 4) is 0 Å². The van der Waals surface area contributed by atoms with Crippen LogP contribution in [0.1, 0.15) is 66.2 Å². The third-order valence-electron chi connectivity index (χ3n) is 6.85. The third-order valence-corrected chi connectivity index (χ3v) is 6.85. The molecule has 2 saturated carbocycles. The second-order valence-corrected chi connectivity index (χ2v) is 8.25. The average molecular weight is 280 g/mol. The maximum Gasteiger partial charge on any atom is 0.0240 e. The number of nitrogens with one attached hydrogen (secondary N) is 1. The van der Waals surface area contributed by atoms with Gasteiger partial charge in [0.1, 0.15) is 0 Å².